The number of nitrogens with zero attached hydrogens (tertiary/aromatic N) is 1. The van der Waals surface area contributed by atoms with Crippen molar-refractivity contribution in [3.63, 3.8) is 0 Å². The lowest BCUT2D eigenvalue weighted by molar-refractivity contribution is -0.147. The minimum absolute atomic E-state index is 0.0254. The number of phenols is 2. The Hall–Kier alpha value is -12.0. The number of rotatable bonds is 60. The highest BCUT2D eigenvalue weighted by atomic mass is 32.2. The van der Waals surface area contributed by atoms with Crippen LogP contribution in [-0.4, -0.2) is 339 Å². The molecule has 1 saturated heterocycles. The first-order valence-electron chi connectivity index (χ1n) is 43.1. The molecule has 1 fully saturated rings. The Labute approximate surface area is 813 Å². The monoisotopic (exact) mass is 2030 g/mol. The van der Waals surface area contributed by atoms with Crippen molar-refractivity contribution in [1.82, 2.24) is 90.0 Å². The minimum atomic E-state index is -2.11. The van der Waals surface area contributed by atoms with E-state index in [-0.39, 0.29) is 79.7 Å². The average molecular weight is 2030 g/mol. The smallest absolute Gasteiger partial charge is 0.326 e. The van der Waals surface area contributed by atoms with E-state index in [0.717, 1.165) is 0 Å². The lowest BCUT2D eigenvalue weighted by Crippen LogP contribution is -2.62. The highest BCUT2D eigenvalue weighted by molar-refractivity contribution is 7.98. The van der Waals surface area contributed by atoms with Crippen molar-refractivity contribution in [3.05, 3.63) is 59.7 Å². The molecule has 3 rings (SSSR count). The van der Waals surface area contributed by atoms with Crippen molar-refractivity contribution in [3.8, 4) is 11.5 Å². The number of carbonyl (C=O) groups excluding carboxylic acids is 18. The predicted octanol–water partition coefficient (Wildman–Crippen LogP) is -8.04. The Balaban J connectivity index is 1.88. The van der Waals surface area contributed by atoms with E-state index in [1.165, 1.54) is 79.0 Å². The molecule has 137 heavy (non-hydrogen) atoms. The van der Waals surface area contributed by atoms with Crippen molar-refractivity contribution < 1.29 is 146 Å². The molecule has 49 nitrogen and oxygen atoms in total. The molecule has 0 aliphatic carbocycles. The third-order valence-electron chi connectivity index (χ3n) is 20.7. The molecule has 18 amide bonds. The number of carboxylic acid groups (broad SMARTS) is 4. The van der Waals surface area contributed by atoms with Crippen molar-refractivity contribution >= 4 is 192 Å². The van der Waals surface area contributed by atoms with Gasteiger partial charge in [-0.1, -0.05) is 65.8 Å². The average Bonchev–Trinajstić information content (AvgIpc) is 1.74. The molecule has 0 aromatic heterocycles. The SMILES string of the molecule is CSCC[C@H](NC(=O)[C@H](Cc1ccc(O)cc1)NC(=O)[C@H](CS)NC(=O)[C@H](CC(=O)O)NC(=O)[C@H](CS)NC(=O)[C@H](CC(N)=O)NC(=O)[C@H](C)NC(=O)[C@@H](NC(=O)[C@@H](N)[C@@H](C)O)C(C)C)C(=O)N1CCC[C@H]1C(=O)N[C@@H](CC(C)C)C(=O)N[C@@H](CS)C(=O)N[C@@H](CC(C)C)C(=O)N[C@@H](CS)C(=O)N[C@@H](Cc1ccc(O)cc1)C(=O)N[C@@H](CC(=O)O)C(=O)N[C@@H](CO)C(=O)N[C@@H](CC(=O)O)C(=O)O. The fraction of sp³-hybridized carbons (Fsp3) is 0.590. The van der Waals surface area contributed by atoms with Crippen molar-refractivity contribution in [2.45, 2.75) is 241 Å². The van der Waals surface area contributed by atoms with Crippen LogP contribution in [0.4, 0.5) is 0 Å². The molecule has 2 aromatic rings. The number of phenolic OH excluding ortho intramolecular Hbond substituents is 2. The highest BCUT2D eigenvalue weighted by Crippen LogP contribution is 2.23. The van der Waals surface area contributed by atoms with Crippen molar-refractivity contribution in [2.24, 2.45) is 29.2 Å². The van der Waals surface area contributed by atoms with Gasteiger partial charge in [0.05, 0.1) is 38.4 Å². The Morgan fingerprint density at radius 3 is 1.08 bits per heavy atom. The van der Waals surface area contributed by atoms with Gasteiger partial charge in [0.2, 0.25) is 106 Å². The summed E-state index contributed by atoms with van der Waals surface area (Å²) in [6.45, 7) is 11.0. The first-order valence-corrected chi connectivity index (χ1v) is 47.0. The standard InChI is InChI=1S/C83H125N19O30S5/c1-36(2)23-46(67(115)97-56(33-134)76(124)91-49(26-42-14-18-44(106)19-15-42)70(118)92-51(28-61(108)109)72(120)96-54(31-103)74(122)95-53(83(131)132)30-63(112)113)89-75(123)55(32-133)98-68(116)47(24-37(3)4)94-79(127)59-11-10-21-102(59)82(130)45(20-22-137-9)87-69(117)48(25-41-12-16-43(105)17-13-41)90-77(125)57(34-135)100-73(121)52(29-62(110)111)93-78(126)58(35-136)99-71(119)50(27-60(84)107)88-66(114)39(7)86-81(129)65(38(5)6)101-80(128)64(85)40(8)104/h12-19,36-40,45-59,64-65,103-106,133-136H,10-11,20-35,85H2,1-9H3,(H2,84,107)(H,86,129)(H,87,117)(H,88,114)(H,89,123)(H,90,125)(H,91,124)(H,92,118)(H,93,126)(H,94,127)(H,95,122)(H,96,120)(H,97,115)(H,98,116)(H,99,119)(H,100,121)(H,101,128)(H,108,109)(H,110,111)(H,112,113)(H,131,132)/t39-,40+,45-,46-,47-,48-,49-,50-,51-,52-,53-,54-,55-,56-,57-,58-,59-,64-,65-/m0/s1. The summed E-state index contributed by atoms with van der Waals surface area (Å²) in [7, 11) is 0. The van der Waals surface area contributed by atoms with Crippen LogP contribution in [-0.2, 0) is 118 Å². The molecular weight excluding hydrogens is 1900 g/mol. The second kappa shape index (κ2) is 59.2. The Morgan fingerprint density at radius 1 is 0.401 bits per heavy atom. The first kappa shape index (κ1) is 119. The molecule has 0 saturated carbocycles. The summed E-state index contributed by atoms with van der Waals surface area (Å²) >= 11 is 18.2. The predicted molar refractivity (Wildman–Crippen MR) is 502 cm³/mol. The van der Waals surface area contributed by atoms with Crippen LogP contribution in [0.5, 0.6) is 11.5 Å². The van der Waals surface area contributed by atoms with Crippen LogP contribution >= 0.6 is 62.3 Å². The fourth-order valence-electron chi connectivity index (χ4n) is 13.3. The number of amides is 18. The van der Waals surface area contributed by atoms with Gasteiger partial charge in [-0.25, -0.2) is 4.79 Å². The highest BCUT2D eigenvalue weighted by Gasteiger charge is 2.44. The second-order valence-corrected chi connectivity index (χ2v) is 35.7. The van der Waals surface area contributed by atoms with Crippen LogP contribution in [0.15, 0.2) is 48.5 Å². The molecule has 0 spiro atoms. The minimum Gasteiger partial charge on any atom is -0.508 e. The first-order chi connectivity index (χ1) is 64.2. The van der Waals surface area contributed by atoms with Gasteiger partial charge in [0, 0.05) is 42.4 Å². The van der Waals surface area contributed by atoms with Crippen LogP contribution < -0.4 is 96.5 Å². The summed E-state index contributed by atoms with van der Waals surface area (Å²) < 4.78 is 0. The van der Waals surface area contributed by atoms with E-state index < -0.39 is 313 Å². The third-order valence-corrected chi connectivity index (χ3v) is 22.8. The number of aromatic hydroxyl groups is 2. The summed E-state index contributed by atoms with van der Waals surface area (Å²) in [5.74, 6) is -30.4. The molecule has 28 N–H and O–H groups in total. The number of hydrogen-bond donors (Lipinski definition) is 30. The Morgan fingerprint density at radius 2 is 0.723 bits per heavy atom. The van der Waals surface area contributed by atoms with Crippen LogP contribution in [0.2, 0.25) is 0 Å². The zero-order valence-corrected chi connectivity index (χ0v) is 80.8. The van der Waals surface area contributed by atoms with E-state index in [2.05, 4.69) is 125 Å². The summed E-state index contributed by atoms with van der Waals surface area (Å²) in [5.41, 5.74) is 11.7. The summed E-state index contributed by atoms with van der Waals surface area (Å²) in [4.78, 5) is 299. The van der Waals surface area contributed by atoms with E-state index in [0.29, 0.717) is 5.56 Å². The van der Waals surface area contributed by atoms with Gasteiger partial charge in [-0.15, -0.1) is 0 Å². The molecule has 54 heteroatoms. The number of nitrogens with two attached hydrogens (primary N) is 2. The van der Waals surface area contributed by atoms with E-state index in [1.54, 1.807) is 47.8 Å². The lowest BCUT2D eigenvalue weighted by atomic mass is 10.0. The van der Waals surface area contributed by atoms with Gasteiger partial charge in [-0.2, -0.15) is 62.3 Å². The number of aliphatic hydroxyl groups excluding tert-OH is 2. The number of hydrogen-bond acceptors (Lipinski definition) is 32. The summed E-state index contributed by atoms with van der Waals surface area (Å²) in [5, 5.41) is 116. The molecule has 1 aliphatic rings. The molecule has 1 heterocycles. The molecule has 0 unspecified atom stereocenters. The second-order valence-electron chi connectivity index (χ2n) is 33.3. The Bertz CT molecular complexity index is 4580. The number of nitrogens with one attached hydrogen (secondary N) is 16. The van der Waals surface area contributed by atoms with Gasteiger partial charge in [0.25, 0.3) is 0 Å². The van der Waals surface area contributed by atoms with Gasteiger partial charge < -0.3 is 142 Å². The number of thioether (sulfide) groups is 1. The number of benzene rings is 2. The number of thiol groups is 4. The van der Waals surface area contributed by atoms with E-state index in [9.17, 15) is 141 Å². The third kappa shape index (κ3) is 41.1. The van der Waals surface area contributed by atoms with Crippen LogP contribution in [0.3, 0.4) is 0 Å². The maximum Gasteiger partial charge on any atom is 0.326 e. The molecule has 19 atom stereocenters. The number of carboxylic acids is 4. The quantitative estimate of drug-likeness (QED) is 0.0274. The number of carbonyl (C=O) groups is 22. The van der Waals surface area contributed by atoms with Gasteiger partial charge in [-0.05, 0) is 111 Å². The van der Waals surface area contributed by atoms with Crippen LogP contribution in [0, 0.1) is 17.8 Å². The number of aliphatic carboxylic acids is 4. The maximum absolute atomic E-state index is 15.0. The lowest BCUT2D eigenvalue weighted by Gasteiger charge is -2.31. The molecule has 0 radical (unpaired) electrons. The molecule has 762 valence electrons. The van der Waals surface area contributed by atoms with Gasteiger partial charge in [-0.3, -0.25) is 101 Å². The number of likely N-dealkylation sites (tertiary alicyclic amines) is 1. The summed E-state index contributed by atoms with van der Waals surface area (Å²) in [6, 6.07) is -19.8. The van der Waals surface area contributed by atoms with E-state index in [1.807, 2.05) is 10.6 Å². The number of primary amides is 1. The van der Waals surface area contributed by atoms with Crippen molar-refractivity contribution in [2.75, 3.05) is 48.2 Å². The van der Waals surface area contributed by atoms with E-state index >= 15 is 0 Å². The zero-order valence-electron chi connectivity index (χ0n) is 76.4. The molecule has 2 aromatic carbocycles. The summed E-state index contributed by atoms with van der Waals surface area (Å²) in [6.07, 6.45) is -4.91. The normalized spacial score (nSPS) is 16.3. The molecular formula is C83H125N19O30S5. The van der Waals surface area contributed by atoms with Gasteiger partial charge >= 0.3 is 23.9 Å². The largest absolute Gasteiger partial charge is 0.508 e. The van der Waals surface area contributed by atoms with Crippen molar-refractivity contribution in [1.29, 1.82) is 0 Å². The van der Waals surface area contributed by atoms with E-state index in [4.69, 9.17) is 16.6 Å². The molecule has 1 aliphatic heterocycles. The van der Waals surface area contributed by atoms with Gasteiger partial charge in [0.1, 0.15) is 120 Å². The maximum atomic E-state index is 15.0. The molecule has 0 bridgehead atoms. The zero-order chi connectivity index (χ0) is 104. The van der Waals surface area contributed by atoms with Gasteiger partial charge in [0.15, 0.2) is 0 Å². The van der Waals surface area contributed by atoms with Crippen LogP contribution in [0.25, 0.3) is 0 Å². The topological polar surface area (TPSA) is 785 Å². The number of aliphatic hydroxyl groups is 2. The van der Waals surface area contributed by atoms with Crippen LogP contribution in [0.1, 0.15) is 124 Å². The fourth-order valence-corrected chi connectivity index (χ4v) is 14.8. The Kier molecular flexibility index (Phi) is 51.5.